The van der Waals surface area contributed by atoms with Crippen LogP contribution in [0.25, 0.3) is 0 Å². The standard InChI is InChI=1S/C21H31N3O/c1-7-17(11-10-16(5)25-6)21(14-22)24(23)19-12-15(4)20(9-3)18(8-2)13-19/h7,10-14H,1,8-9,22-23H2,2-6H3/b16-10+,17-11+,21-14-. The SMILES string of the molecule is C=CC(=C\C=C(/C)OC)/C(=C/N)N(N)c1cc(C)c(CC)c(CC)c1. The Morgan fingerprint density at radius 1 is 1.24 bits per heavy atom. The Kier molecular flexibility index (Phi) is 8.02. The molecule has 136 valence electrons. The van der Waals surface area contributed by atoms with E-state index in [0.29, 0.717) is 5.70 Å². The fourth-order valence-corrected chi connectivity index (χ4v) is 2.82. The second-order valence-electron chi connectivity index (χ2n) is 5.84. The first kappa shape index (κ1) is 20.6. The number of allylic oxidation sites excluding steroid dienone is 4. The van der Waals surface area contributed by atoms with Crippen LogP contribution in [-0.2, 0) is 17.6 Å². The molecular weight excluding hydrogens is 310 g/mol. The first-order valence-electron chi connectivity index (χ1n) is 8.57. The van der Waals surface area contributed by atoms with E-state index in [2.05, 4.69) is 39.5 Å². The topological polar surface area (TPSA) is 64.5 Å². The number of anilines is 1. The number of nitrogens with two attached hydrogens (primary N) is 2. The Morgan fingerprint density at radius 3 is 2.40 bits per heavy atom. The number of aryl methyl sites for hydroxylation is 2. The van der Waals surface area contributed by atoms with Gasteiger partial charge in [0.2, 0.25) is 0 Å². The van der Waals surface area contributed by atoms with E-state index in [1.54, 1.807) is 18.2 Å². The molecule has 25 heavy (non-hydrogen) atoms. The van der Waals surface area contributed by atoms with Gasteiger partial charge in [-0.3, -0.25) is 5.01 Å². The third-order valence-electron chi connectivity index (χ3n) is 4.32. The van der Waals surface area contributed by atoms with Crippen LogP contribution < -0.4 is 16.6 Å². The lowest BCUT2D eigenvalue weighted by Gasteiger charge is -2.25. The van der Waals surface area contributed by atoms with Gasteiger partial charge in [-0.2, -0.15) is 0 Å². The van der Waals surface area contributed by atoms with E-state index >= 15 is 0 Å². The van der Waals surface area contributed by atoms with Crippen molar-refractivity contribution < 1.29 is 4.74 Å². The Hall–Kier alpha value is -2.46. The summed E-state index contributed by atoms with van der Waals surface area (Å²) in [6.07, 6.45) is 8.95. The number of rotatable bonds is 8. The Bertz CT molecular complexity index is 699. The summed E-state index contributed by atoms with van der Waals surface area (Å²) in [6, 6.07) is 4.23. The molecule has 0 bridgehead atoms. The molecule has 0 aliphatic heterocycles. The van der Waals surface area contributed by atoms with Crippen LogP contribution in [0.4, 0.5) is 5.69 Å². The van der Waals surface area contributed by atoms with Gasteiger partial charge < -0.3 is 10.5 Å². The highest BCUT2D eigenvalue weighted by molar-refractivity contribution is 5.61. The highest BCUT2D eigenvalue weighted by Crippen LogP contribution is 2.27. The Labute approximate surface area is 152 Å². The monoisotopic (exact) mass is 341 g/mol. The maximum absolute atomic E-state index is 6.39. The summed E-state index contributed by atoms with van der Waals surface area (Å²) < 4.78 is 5.16. The number of hydrogen-bond acceptors (Lipinski definition) is 4. The molecule has 4 nitrogen and oxygen atoms in total. The molecule has 0 heterocycles. The lowest BCUT2D eigenvalue weighted by molar-refractivity contribution is 0.294. The summed E-state index contributed by atoms with van der Waals surface area (Å²) >= 11 is 0. The zero-order valence-electron chi connectivity index (χ0n) is 16.1. The number of ether oxygens (including phenoxy) is 1. The summed E-state index contributed by atoms with van der Waals surface area (Å²) in [7, 11) is 1.63. The van der Waals surface area contributed by atoms with Gasteiger partial charge in [0, 0.05) is 11.8 Å². The van der Waals surface area contributed by atoms with Crippen molar-refractivity contribution in [2.24, 2.45) is 11.6 Å². The van der Waals surface area contributed by atoms with Gasteiger partial charge in [-0.1, -0.05) is 26.5 Å². The molecule has 0 aliphatic carbocycles. The maximum Gasteiger partial charge on any atom is 0.0924 e. The predicted octanol–water partition coefficient (Wildman–Crippen LogP) is 4.26. The molecule has 0 spiro atoms. The highest BCUT2D eigenvalue weighted by atomic mass is 16.5. The molecule has 1 aromatic rings. The van der Waals surface area contributed by atoms with Gasteiger partial charge in [-0.05, 0) is 67.7 Å². The third kappa shape index (κ3) is 5.00. The summed E-state index contributed by atoms with van der Waals surface area (Å²) in [6.45, 7) is 12.2. The van der Waals surface area contributed by atoms with Crippen LogP contribution in [0.3, 0.4) is 0 Å². The third-order valence-corrected chi connectivity index (χ3v) is 4.32. The molecule has 0 aliphatic rings. The van der Waals surface area contributed by atoms with Gasteiger partial charge in [-0.25, -0.2) is 5.84 Å². The van der Waals surface area contributed by atoms with Crippen molar-refractivity contribution in [2.45, 2.75) is 40.5 Å². The number of methoxy groups -OCH3 is 1. The molecule has 0 unspecified atom stereocenters. The largest absolute Gasteiger partial charge is 0.501 e. The van der Waals surface area contributed by atoms with Crippen molar-refractivity contribution in [1.82, 2.24) is 0 Å². The fourth-order valence-electron chi connectivity index (χ4n) is 2.82. The van der Waals surface area contributed by atoms with E-state index in [-0.39, 0.29) is 0 Å². The van der Waals surface area contributed by atoms with E-state index in [1.165, 1.54) is 22.9 Å². The Balaban J connectivity index is 3.33. The second-order valence-corrected chi connectivity index (χ2v) is 5.84. The van der Waals surface area contributed by atoms with E-state index in [4.69, 9.17) is 16.3 Å². The van der Waals surface area contributed by atoms with Gasteiger partial charge in [0.1, 0.15) is 0 Å². The molecule has 0 atom stereocenters. The zero-order chi connectivity index (χ0) is 19.0. The number of nitrogens with zero attached hydrogens (tertiary/aromatic N) is 1. The molecule has 0 fully saturated rings. The van der Waals surface area contributed by atoms with Crippen molar-refractivity contribution in [1.29, 1.82) is 0 Å². The molecular formula is C21H31N3O. The predicted molar refractivity (Wildman–Crippen MR) is 108 cm³/mol. The van der Waals surface area contributed by atoms with Gasteiger partial charge >= 0.3 is 0 Å². The molecule has 0 amide bonds. The van der Waals surface area contributed by atoms with Gasteiger partial charge in [-0.15, -0.1) is 0 Å². The minimum atomic E-state index is 0.681. The summed E-state index contributed by atoms with van der Waals surface area (Å²) in [4.78, 5) is 0. The smallest absolute Gasteiger partial charge is 0.0924 e. The lowest BCUT2D eigenvalue weighted by Crippen LogP contribution is -2.31. The van der Waals surface area contributed by atoms with Crippen molar-refractivity contribution in [3.05, 3.63) is 76.9 Å². The molecule has 1 aromatic carbocycles. The van der Waals surface area contributed by atoms with Crippen LogP contribution in [0.2, 0.25) is 0 Å². The molecule has 0 aromatic heterocycles. The van der Waals surface area contributed by atoms with Crippen molar-refractivity contribution in [3.63, 3.8) is 0 Å². The first-order valence-corrected chi connectivity index (χ1v) is 8.57. The molecule has 0 saturated heterocycles. The van der Waals surface area contributed by atoms with Gasteiger partial charge in [0.15, 0.2) is 0 Å². The maximum atomic E-state index is 6.39. The number of hydrogen-bond donors (Lipinski definition) is 2. The van der Waals surface area contributed by atoms with Crippen molar-refractivity contribution >= 4 is 5.69 Å². The summed E-state index contributed by atoms with van der Waals surface area (Å²) in [5.74, 6) is 7.18. The van der Waals surface area contributed by atoms with E-state index in [0.717, 1.165) is 29.9 Å². The molecule has 4 heteroatoms. The minimum absolute atomic E-state index is 0.681. The van der Waals surface area contributed by atoms with Gasteiger partial charge in [0.05, 0.1) is 24.3 Å². The number of benzene rings is 1. The Morgan fingerprint density at radius 2 is 1.92 bits per heavy atom. The van der Waals surface area contributed by atoms with Gasteiger partial charge in [0.25, 0.3) is 0 Å². The van der Waals surface area contributed by atoms with Crippen LogP contribution in [-0.4, -0.2) is 7.11 Å². The van der Waals surface area contributed by atoms with Crippen LogP contribution in [0.1, 0.15) is 37.5 Å². The van der Waals surface area contributed by atoms with Crippen molar-refractivity contribution in [2.75, 3.05) is 12.1 Å². The fraction of sp³-hybridized carbons (Fsp3) is 0.333. The lowest BCUT2D eigenvalue weighted by atomic mass is 9.96. The van der Waals surface area contributed by atoms with E-state index in [9.17, 15) is 0 Å². The average molecular weight is 341 g/mol. The van der Waals surface area contributed by atoms with Crippen LogP contribution in [0.5, 0.6) is 0 Å². The van der Waals surface area contributed by atoms with Crippen LogP contribution in [0.15, 0.2) is 60.2 Å². The minimum Gasteiger partial charge on any atom is -0.501 e. The number of hydrazine groups is 1. The van der Waals surface area contributed by atoms with Crippen LogP contribution >= 0.6 is 0 Å². The molecule has 0 saturated carbocycles. The normalized spacial score (nSPS) is 13.0. The highest BCUT2D eigenvalue weighted by Gasteiger charge is 2.14. The van der Waals surface area contributed by atoms with E-state index < -0.39 is 0 Å². The van der Waals surface area contributed by atoms with Crippen molar-refractivity contribution in [3.8, 4) is 0 Å². The average Bonchev–Trinajstić information content (AvgIpc) is 2.63. The molecule has 0 radical (unpaired) electrons. The summed E-state index contributed by atoms with van der Waals surface area (Å²) in [5, 5.41) is 1.61. The first-order chi connectivity index (χ1) is 11.9. The molecule has 4 N–H and O–H groups in total. The molecule has 1 rings (SSSR count). The summed E-state index contributed by atoms with van der Waals surface area (Å²) in [5.41, 5.74) is 12.2. The van der Waals surface area contributed by atoms with Crippen LogP contribution in [0, 0.1) is 6.92 Å². The quantitative estimate of drug-likeness (QED) is 0.321. The zero-order valence-corrected chi connectivity index (χ0v) is 16.1. The second kappa shape index (κ2) is 9.74. The van der Waals surface area contributed by atoms with E-state index in [1.807, 2.05) is 19.1 Å².